The molecule has 1 aliphatic rings. The number of halogens is 2. The number of rotatable bonds is 6. The number of piperidine rings is 1. The van der Waals surface area contributed by atoms with Crippen LogP contribution in [-0.2, 0) is 11.3 Å². The van der Waals surface area contributed by atoms with Gasteiger partial charge in [0.25, 0.3) is 0 Å². The van der Waals surface area contributed by atoms with Crippen LogP contribution in [0, 0.1) is 0 Å². The summed E-state index contributed by atoms with van der Waals surface area (Å²) >= 11 is 0. The second-order valence-electron chi connectivity index (χ2n) is 6.27. The second kappa shape index (κ2) is 11.2. The Morgan fingerprint density at radius 2 is 2.04 bits per heavy atom. The van der Waals surface area contributed by atoms with Gasteiger partial charge in [0.1, 0.15) is 0 Å². The van der Waals surface area contributed by atoms with Gasteiger partial charge in [0, 0.05) is 25.0 Å². The van der Waals surface area contributed by atoms with E-state index in [-0.39, 0.29) is 30.7 Å². The van der Waals surface area contributed by atoms with E-state index in [1.54, 1.807) is 12.5 Å². The van der Waals surface area contributed by atoms with Gasteiger partial charge in [0.2, 0.25) is 5.91 Å². The van der Waals surface area contributed by atoms with Gasteiger partial charge in [-0.3, -0.25) is 9.69 Å². The van der Waals surface area contributed by atoms with Gasteiger partial charge in [0.15, 0.2) is 0 Å². The number of imidazole rings is 1. The third-order valence-corrected chi connectivity index (χ3v) is 4.58. The van der Waals surface area contributed by atoms with E-state index in [9.17, 15) is 4.79 Å². The molecule has 2 aromatic rings. The number of likely N-dealkylation sites (N-methyl/N-ethyl adjacent to an activating group) is 1. The van der Waals surface area contributed by atoms with Gasteiger partial charge in [0.05, 0.1) is 18.6 Å². The quantitative estimate of drug-likeness (QED) is 0.779. The van der Waals surface area contributed by atoms with Crippen molar-refractivity contribution in [1.29, 1.82) is 0 Å². The summed E-state index contributed by atoms with van der Waals surface area (Å²) in [6, 6.07) is 8.54. The van der Waals surface area contributed by atoms with Crippen molar-refractivity contribution < 1.29 is 4.79 Å². The van der Waals surface area contributed by atoms with Crippen molar-refractivity contribution >= 4 is 30.7 Å². The molecule has 0 radical (unpaired) electrons. The first kappa shape index (κ1) is 22.4. The fourth-order valence-electron chi connectivity index (χ4n) is 3.17. The average molecular weight is 400 g/mol. The van der Waals surface area contributed by atoms with Gasteiger partial charge >= 0.3 is 0 Å². The molecular weight excluding hydrogens is 373 g/mol. The maximum atomic E-state index is 12.3. The summed E-state index contributed by atoms with van der Waals surface area (Å²) in [7, 11) is 2.04. The van der Waals surface area contributed by atoms with Crippen LogP contribution < -0.4 is 10.6 Å². The molecule has 26 heavy (non-hydrogen) atoms. The molecule has 1 amide bonds. The molecule has 1 fully saturated rings. The van der Waals surface area contributed by atoms with Crippen molar-refractivity contribution in [2.75, 3.05) is 26.7 Å². The molecule has 0 atom stereocenters. The fraction of sp³-hybridized carbons (Fsp3) is 0.444. The minimum Gasteiger partial charge on any atom is -0.351 e. The Balaban J connectivity index is 0.00000169. The third kappa shape index (κ3) is 5.99. The number of nitrogens with one attached hydrogen (secondary N) is 2. The summed E-state index contributed by atoms with van der Waals surface area (Å²) in [5.74, 6) is 0.0662. The molecule has 0 spiro atoms. The summed E-state index contributed by atoms with van der Waals surface area (Å²) in [6.45, 7) is 3.04. The van der Waals surface area contributed by atoms with E-state index < -0.39 is 0 Å². The Bertz CT molecular complexity index is 659. The third-order valence-electron chi connectivity index (χ3n) is 4.58. The standard InChI is InChI=1S/C18H25N5O.2ClH/c1-22(16-6-8-19-9-7-16)13-18(24)21-12-15-4-2-3-5-17(15)23-11-10-20-14-23;;/h2-5,10-11,14,16,19H,6-9,12-13H2,1H3,(H,21,24);2*1H. The van der Waals surface area contributed by atoms with Crippen LogP contribution in [0.5, 0.6) is 0 Å². The van der Waals surface area contributed by atoms with Crippen LogP contribution in [0.25, 0.3) is 5.69 Å². The minimum absolute atomic E-state index is 0. The molecule has 6 nitrogen and oxygen atoms in total. The van der Waals surface area contributed by atoms with Crippen LogP contribution in [0.3, 0.4) is 0 Å². The minimum atomic E-state index is 0. The number of carbonyl (C=O) groups excluding carboxylic acids is 1. The van der Waals surface area contributed by atoms with Crippen molar-refractivity contribution in [3.63, 3.8) is 0 Å². The summed E-state index contributed by atoms with van der Waals surface area (Å²) in [4.78, 5) is 18.5. The number of carbonyl (C=O) groups is 1. The Morgan fingerprint density at radius 3 is 2.73 bits per heavy atom. The molecule has 2 N–H and O–H groups in total. The number of hydrogen-bond donors (Lipinski definition) is 2. The largest absolute Gasteiger partial charge is 0.351 e. The van der Waals surface area contributed by atoms with Crippen LogP contribution in [0.15, 0.2) is 43.0 Å². The predicted octanol–water partition coefficient (Wildman–Crippen LogP) is 2.02. The zero-order valence-electron chi connectivity index (χ0n) is 14.9. The number of amides is 1. The Hall–Kier alpha value is -1.60. The number of hydrogen-bond acceptors (Lipinski definition) is 4. The van der Waals surface area contributed by atoms with E-state index in [4.69, 9.17) is 0 Å². The van der Waals surface area contributed by atoms with E-state index in [0.717, 1.165) is 37.2 Å². The molecule has 0 bridgehead atoms. The number of aromatic nitrogens is 2. The first-order chi connectivity index (χ1) is 11.7. The smallest absolute Gasteiger partial charge is 0.234 e. The summed E-state index contributed by atoms with van der Waals surface area (Å²) in [5, 5.41) is 6.40. The topological polar surface area (TPSA) is 62.2 Å². The first-order valence-corrected chi connectivity index (χ1v) is 8.48. The van der Waals surface area contributed by atoms with Crippen molar-refractivity contribution in [2.24, 2.45) is 0 Å². The van der Waals surface area contributed by atoms with Crippen molar-refractivity contribution in [2.45, 2.75) is 25.4 Å². The SMILES string of the molecule is CN(CC(=O)NCc1ccccc1-n1ccnc1)C1CCNCC1.Cl.Cl. The van der Waals surface area contributed by atoms with E-state index in [0.29, 0.717) is 19.1 Å². The normalized spacial score (nSPS) is 14.4. The van der Waals surface area contributed by atoms with Crippen LogP contribution in [0.4, 0.5) is 0 Å². The molecule has 8 heteroatoms. The first-order valence-electron chi connectivity index (χ1n) is 8.48. The van der Waals surface area contributed by atoms with Gasteiger partial charge in [-0.1, -0.05) is 18.2 Å². The lowest BCUT2D eigenvalue weighted by Gasteiger charge is -2.31. The molecule has 1 aromatic heterocycles. The fourth-order valence-corrected chi connectivity index (χ4v) is 3.17. The van der Waals surface area contributed by atoms with Crippen LogP contribution in [-0.4, -0.2) is 53.1 Å². The number of benzene rings is 1. The number of para-hydroxylation sites is 1. The molecule has 0 unspecified atom stereocenters. The van der Waals surface area contributed by atoms with E-state index in [1.165, 1.54) is 0 Å². The zero-order chi connectivity index (χ0) is 16.8. The summed E-state index contributed by atoms with van der Waals surface area (Å²) < 4.78 is 1.96. The van der Waals surface area contributed by atoms with Crippen LogP contribution in [0.2, 0.25) is 0 Å². The highest BCUT2D eigenvalue weighted by Gasteiger charge is 2.19. The molecule has 1 aliphatic heterocycles. The highest BCUT2D eigenvalue weighted by Crippen LogP contribution is 2.14. The Kier molecular flexibility index (Phi) is 9.65. The van der Waals surface area contributed by atoms with E-state index in [1.807, 2.05) is 42.1 Å². The van der Waals surface area contributed by atoms with E-state index in [2.05, 4.69) is 20.5 Å². The highest BCUT2D eigenvalue weighted by atomic mass is 35.5. The lowest BCUT2D eigenvalue weighted by Crippen LogP contribution is -2.45. The Labute approximate surface area is 167 Å². The lowest BCUT2D eigenvalue weighted by atomic mass is 10.1. The molecule has 1 aromatic carbocycles. The predicted molar refractivity (Wildman–Crippen MR) is 108 cm³/mol. The molecule has 1 saturated heterocycles. The molecule has 3 rings (SSSR count). The lowest BCUT2D eigenvalue weighted by molar-refractivity contribution is -0.122. The highest BCUT2D eigenvalue weighted by molar-refractivity contribution is 5.85. The van der Waals surface area contributed by atoms with Crippen molar-refractivity contribution in [1.82, 2.24) is 25.1 Å². The molecule has 0 aliphatic carbocycles. The van der Waals surface area contributed by atoms with Gasteiger partial charge in [-0.05, 0) is 44.6 Å². The van der Waals surface area contributed by atoms with Crippen LogP contribution in [0.1, 0.15) is 18.4 Å². The van der Waals surface area contributed by atoms with Gasteiger partial charge in [-0.25, -0.2) is 4.98 Å². The summed E-state index contributed by atoms with van der Waals surface area (Å²) in [6.07, 6.45) is 7.64. The maximum absolute atomic E-state index is 12.3. The van der Waals surface area contributed by atoms with Crippen molar-refractivity contribution in [3.8, 4) is 5.69 Å². The monoisotopic (exact) mass is 399 g/mol. The van der Waals surface area contributed by atoms with E-state index >= 15 is 0 Å². The molecule has 2 heterocycles. The van der Waals surface area contributed by atoms with Gasteiger partial charge in [-0.15, -0.1) is 24.8 Å². The maximum Gasteiger partial charge on any atom is 0.234 e. The Morgan fingerprint density at radius 1 is 1.31 bits per heavy atom. The molecular formula is C18H27Cl2N5O. The van der Waals surface area contributed by atoms with Gasteiger partial charge in [-0.2, -0.15) is 0 Å². The second-order valence-corrected chi connectivity index (χ2v) is 6.27. The number of nitrogens with zero attached hydrogens (tertiary/aromatic N) is 3. The average Bonchev–Trinajstić information content (AvgIpc) is 3.15. The molecule has 0 saturated carbocycles. The van der Waals surface area contributed by atoms with Crippen LogP contribution >= 0.6 is 24.8 Å². The zero-order valence-corrected chi connectivity index (χ0v) is 16.6. The molecule has 144 valence electrons. The van der Waals surface area contributed by atoms with Crippen molar-refractivity contribution in [3.05, 3.63) is 48.5 Å². The summed E-state index contributed by atoms with van der Waals surface area (Å²) in [5.41, 5.74) is 2.12. The van der Waals surface area contributed by atoms with Gasteiger partial charge < -0.3 is 15.2 Å².